The van der Waals surface area contributed by atoms with Crippen molar-refractivity contribution < 1.29 is 4.79 Å². The predicted octanol–water partition coefficient (Wildman–Crippen LogP) is 7.35. The molecule has 3 nitrogen and oxygen atoms in total. The molecule has 1 aromatic heterocycles. The smallest absolute Gasteiger partial charge is 0.256 e. The van der Waals surface area contributed by atoms with E-state index in [-0.39, 0.29) is 5.91 Å². The Labute approximate surface area is 188 Å². The lowest BCUT2D eigenvalue weighted by atomic mass is 9.94. The van der Waals surface area contributed by atoms with Crippen LogP contribution < -0.4 is 5.32 Å². The first-order valence-corrected chi connectivity index (χ1v) is 10.7. The predicted molar refractivity (Wildman–Crippen MR) is 130 cm³/mol. The van der Waals surface area contributed by atoms with E-state index in [4.69, 9.17) is 16.6 Å². The Morgan fingerprint density at radius 3 is 2.32 bits per heavy atom. The van der Waals surface area contributed by atoms with E-state index in [1.807, 2.05) is 77.1 Å². The molecule has 0 unspecified atom stereocenters. The van der Waals surface area contributed by atoms with Crippen LogP contribution in [0.4, 0.5) is 5.69 Å². The summed E-state index contributed by atoms with van der Waals surface area (Å²) < 4.78 is 0. The fourth-order valence-corrected chi connectivity index (χ4v) is 4.35. The monoisotopic (exact) mass is 428 g/mol. The number of carbonyl (C=O) groups excluding carboxylic acids is 1. The summed E-state index contributed by atoms with van der Waals surface area (Å²) in [5, 5.41) is 4.63. The maximum Gasteiger partial charge on any atom is 0.256 e. The van der Waals surface area contributed by atoms with Crippen LogP contribution >= 0.6 is 11.6 Å². The molecular formula is C27H25ClN2O. The highest BCUT2D eigenvalue weighted by Crippen LogP contribution is 2.33. The van der Waals surface area contributed by atoms with Gasteiger partial charge in [0.2, 0.25) is 0 Å². The number of fused-ring (bicyclic) bond motifs is 1. The summed E-state index contributed by atoms with van der Waals surface area (Å²) in [6.45, 7) is 10.1. The summed E-state index contributed by atoms with van der Waals surface area (Å²) in [5.74, 6) is -0.134. The van der Waals surface area contributed by atoms with Crippen LogP contribution in [0, 0.1) is 34.6 Å². The summed E-state index contributed by atoms with van der Waals surface area (Å²) in [5.41, 5.74) is 9.13. The zero-order chi connectivity index (χ0) is 22.3. The number of aromatic nitrogens is 1. The van der Waals surface area contributed by atoms with Crippen LogP contribution in [-0.4, -0.2) is 10.9 Å². The first-order valence-electron chi connectivity index (χ1n) is 10.3. The van der Waals surface area contributed by atoms with Crippen LogP contribution in [0.2, 0.25) is 5.02 Å². The Morgan fingerprint density at radius 2 is 1.61 bits per heavy atom. The number of rotatable bonds is 3. The van der Waals surface area contributed by atoms with E-state index in [2.05, 4.69) is 17.4 Å². The second-order valence-electron chi connectivity index (χ2n) is 8.22. The molecule has 1 amide bonds. The zero-order valence-corrected chi connectivity index (χ0v) is 19.2. The summed E-state index contributed by atoms with van der Waals surface area (Å²) in [7, 11) is 0. The Balaban J connectivity index is 1.95. The number of pyridine rings is 1. The minimum Gasteiger partial charge on any atom is -0.322 e. The van der Waals surface area contributed by atoms with Gasteiger partial charge < -0.3 is 5.32 Å². The third-order valence-corrected chi connectivity index (χ3v) is 5.86. The van der Waals surface area contributed by atoms with Crippen LogP contribution in [0.1, 0.15) is 38.2 Å². The minimum atomic E-state index is -0.134. The van der Waals surface area contributed by atoms with Gasteiger partial charge in [0.1, 0.15) is 0 Å². The van der Waals surface area contributed by atoms with Crippen molar-refractivity contribution >= 4 is 34.1 Å². The highest BCUT2D eigenvalue weighted by molar-refractivity contribution is 6.30. The van der Waals surface area contributed by atoms with Crippen molar-refractivity contribution in [3.63, 3.8) is 0 Å². The van der Waals surface area contributed by atoms with Gasteiger partial charge in [0.25, 0.3) is 5.91 Å². The van der Waals surface area contributed by atoms with Crippen LogP contribution in [0.25, 0.3) is 22.2 Å². The minimum absolute atomic E-state index is 0.134. The number of hydrogen-bond donors (Lipinski definition) is 1. The molecule has 156 valence electrons. The van der Waals surface area contributed by atoms with Crippen LogP contribution in [0.3, 0.4) is 0 Å². The van der Waals surface area contributed by atoms with Gasteiger partial charge in [-0.1, -0.05) is 53.1 Å². The molecule has 4 aromatic rings. The molecular weight excluding hydrogens is 404 g/mol. The zero-order valence-electron chi connectivity index (χ0n) is 18.4. The molecule has 0 radical (unpaired) electrons. The number of aryl methyl sites for hydroxylation is 4. The number of hydrogen-bond acceptors (Lipinski definition) is 2. The van der Waals surface area contributed by atoms with Gasteiger partial charge in [-0.25, -0.2) is 4.98 Å². The second-order valence-corrected chi connectivity index (χ2v) is 8.66. The molecule has 4 heteroatoms. The van der Waals surface area contributed by atoms with Crippen LogP contribution in [0.5, 0.6) is 0 Å². The number of anilines is 1. The molecule has 0 bridgehead atoms. The second kappa shape index (κ2) is 8.16. The van der Waals surface area contributed by atoms with Crippen molar-refractivity contribution in [2.75, 3.05) is 5.32 Å². The summed E-state index contributed by atoms with van der Waals surface area (Å²) >= 11 is 6.25. The van der Waals surface area contributed by atoms with Gasteiger partial charge in [-0.2, -0.15) is 0 Å². The number of nitrogens with one attached hydrogen (secondary N) is 1. The molecule has 1 heterocycles. The van der Waals surface area contributed by atoms with Gasteiger partial charge in [0, 0.05) is 21.7 Å². The highest BCUT2D eigenvalue weighted by atomic mass is 35.5. The SMILES string of the molecule is Cc1ccc(NC(=O)c2c(C)c(-c3cccc(Cl)c3)nc3c(C)cc(C)cc23)c(C)c1. The largest absolute Gasteiger partial charge is 0.322 e. The Morgan fingerprint density at radius 1 is 0.871 bits per heavy atom. The van der Waals surface area contributed by atoms with Crippen molar-refractivity contribution in [1.82, 2.24) is 4.98 Å². The molecule has 0 fully saturated rings. The van der Waals surface area contributed by atoms with E-state index in [0.29, 0.717) is 10.6 Å². The molecule has 0 aliphatic heterocycles. The molecule has 0 aliphatic rings. The van der Waals surface area contributed by atoms with Crippen molar-refractivity contribution in [3.05, 3.63) is 93.0 Å². The van der Waals surface area contributed by atoms with E-state index >= 15 is 0 Å². The summed E-state index contributed by atoms with van der Waals surface area (Å²) in [6.07, 6.45) is 0. The van der Waals surface area contributed by atoms with Gasteiger partial charge >= 0.3 is 0 Å². The number of carbonyl (C=O) groups is 1. The first-order chi connectivity index (χ1) is 14.7. The van der Waals surface area contributed by atoms with Gasteiger partial charge in [0.05, 0.1) is 16.8 Å². The molecule has 4 rings (SSSR count). The highest BCUT2D eigenvalue weighted by Gasteiger charge is 2.21. The third kappa shape index (κ3) is 4.06. The molecule has 0 saturated carbocycles. The quantitative estimate of drug-likeness (QED) is 0.370. The fraction of sp³-hybridized carbons (Fsp3) is 0.185. The lowest BCUT2D eigenvalue weighted by Gasteiger charge is -2.17. The number of benzene rings is 3. The molecule has 0 atom stereocenters. The Kier molecular flexibility index (Phi) is 5.55. The molecule has 1 N–H and O–H groups in total. The van der Waals surface area contributed by atoms with E-state index in [0.717, 1.165) is 55.7 Å². The van der Waals surface area contributed by atoms with Crippen molar-refractivity contribution in [2.24, 2.45) is 0 Å². The maximum atomic E-state index is 13.6. The molecule has 0 spiro atoms. The molecule has 0 saturated heterocycles. The van der Waals surface area contributed by atoms with E-state index in [9.17, 15) is 4.79 Å². The molecule has 31 heavy (non-hydrogen) atoms. The number of amides is 1. The molecule has 3 aromatic carbocycles. The van der Waals surface area contributed by atoms with Crippen LogP contribution in [0.15, 0.2) is 54.6 Å². The lowest BCUT2D eigenvalue weighted by Crippen LogP contribution is -2.16. The van der Waals surface area contributed by atoms with Gasteiger partial charge in [-0.3, -0.25) is 4.79 Å². The van der Waals surface area contributed by atoms with Gasteiger partial charge in [-0.15, -0.1) is 0 Å². The topological polar surface area (TPSA) is 42.0 Å². The van der Waals surface area contributed by atoms with Crippen molar-refractivity contribution in [3.8, 4) is 11.3 Å². The van der Waals surface area contributed by atoms with Crippen LogP contribution in [-0.2, 0) is 0 Å². The molecule has 0 aliphatic carbocycles. The average molecular weight is 429 g/mol. The van der Waals surface area contributed by atoms with Gasteiger partial charge in [-0.05, 0) is 75.6 Å². The number of halogens is 1. The van der Waals surface area contributed by atoms with E-state index < -0.39 is 0 Å². The van der Waals surface area contributed by atoms with E-state index in [1.54, 1.807) is 0 Å². The summed E-state index contributed by atoms with van der Waals surface area (Å²) in [6, 6.07) is 17.8. The van der Waals surface area contributed by atoms with E-state index in [1.165, 1.54) is 0 Å². The summed E-state index contributed by atoms with van der Waals surface area (Å²) in [4.78, 5) is 18.6. The van der Waals surface area contributed by atoms with Crippen molar-refractivity contribution in [1.29, 1.82) is 0 Å². The average Bonchev–Trinajstić information content (AvgIpc) is 2.69. The third-order valence-electron chi connectivity index (χ3n) is 5.62. The maximum absolute atomic E-state index is 13.6. The Bertz CT molecular complexity index is 1340. The number of nitrogens with zero attached hydrogens (tertiary/aromatic N) is 1. The van der Waals surface area contributed by atoms with Crippen molar-refractivity contribution in [2.45, 2.75) is 34.6 Å². The first kappa shape index (κ1) is 21.1. The standard InChI is InChI=1S/C27H25ClN2O/c1-15-9-10-23(17(3)11-15)29-27(31)24-19(5)26(20-7-6-8-21(28)14-20)30-25-18(4)12-16(2)13-22(24)25/h6-14H,1-5H3,(H,29,31). The lowest BCUT2D eigenvalue weighted by molar-refractivity contribution is 0.102. The Hall–Kier alpha value is -3.17. The fourth-order valence-electron chi connectivity index (χ4n) is 4.16. The van der Waals surface area contributed by atoms with Gasteiger partial charge in [0.15, 0.2) is 0 Å². The normalized spacial score (nSPS) is 11.0.